The van der Waals surface area contributed by atoms with E-state index in [1.165, 1.54) is 12.0 Å². The van der Waals surface area contributed by atoms with Gasteiger partial charge >= 0.3 is 0 Å². The van der Waals surface area contributed by atoms with Gasteiger partial charge in [0.05, 0.1) is 36.0 Å². The summed E-state index contributed by atoms with van der Waals surface area (Å²) in [6.45, 7) is 1.82. The van der Waals surface area contributed by atoms with Crippen molar-refractivity contribution in [1.82, 2.24) is 5.32 Å². The van der Waals surface area contributed by atoms with E-state index in [9.17, 15) is 24.3 Å². The Kier molecular flexibility index (Phi) is 4.87. The third-order valence-electron chi connectivity index (χ3n) is 8.67. The number of anilines is 1. The van der Waals surface area contributed by atoms with E-state index in [-0.39, 0.29) is 35.3 Å². The highest BCUT2D eigenvalue weighted by Crippen LogP contribution is 2.63. The second-order valence-corrected chi connectivity index (χ2v) is 10.3. The molecular formula is C28H26N2O6. The maximum absolute atomic E-state index is 14.1. The fraction of sp³-hybridized carbons (Fsp3) is 0.357. The van der Waals surface area contributed by atoms with E-state index in [0.29, 0.717) is 29.8 Å². The van der Waals surface area contributed by atoms with E-state index in [1.54, 1.807) is 42.5 Å². The summed E-state index contributed by atoms with van der Waals surface area (Å²) in [5, 5.41) is 13.1. The summed E-state index contributed by atoms with van der Waals surface area (Å²) in [6.07, 6.45) is 2.66. The van der Waals surface area contributed by atoms with Gasteiger partial charge in [-0.15, -0.1) is 0 Å². The van der Waals surface area contributed by atoms with Crippen LogP contribution in [0.4, 0.5) is 5.69 Å². The molecule has 2 N–H and O–H groups in total. The van der Waals surface area contributed by atoms with E-state index >= 15 is 0 Å². The molecule has 4 aliphatic rings. The van der Waals surface area contributed by atoms with Crippen LogP contribution in [-0.4, -0.2) is 35.8 Å². The average Bonchev–Trinajstić information content (AvgIpc) is 3.27. The lowest BCUT2D eigenvalue weighted by Crippen LogP contribution is -2.48. The molecule has 2 heterocycles. The molecule has 4 amide bonds. The lowest BCUT2D eigenvalue weighted by molar-refractivity contribution is -0.131. The van der Waals surface area contributed by atoms with Gasteiger partial charge in [-0.2, -0.15) is 0 Å². The number of imide groups is 2. The number of amides is 4. The standard InChI is InChI=1S/C28H26N2O6/c1-28-19(26(34)30(27(28)35)15-6-4-3-5-7-15)13-18-16(9-10-17-22(18)25(33)29-24(17)32)23(28)14-8-11-21(36-2)20(31)12-14/h3-9,11-12,17-19,22-23,31H,10,13H2,1-2H3,(H,29,32,33)/t17-,18+,19-,22-,23-,28+/m0/s1. The van der Waals surface area contributed by atoms with Gasteiger partial charge in [0.25, 0.3) is 0 Å². The molecule has 36 heavy (non-hydrogen) atoms. The summed E-state index contributed by atoms with van der Waals surface area (Å²) >= 11 is 0. The van der Waals surface area contributed by atoms with Gasteiger partial charge in [0.1, 0.15) is 0 Å². The van der Waals surface area contributed by atoms with Crippen molar-refractivity contribution in [2.24, 2.45) is 29.1 Å². The maximum atomic E-state index is 14.1. The molecule has 0 radical (unpaired) electrons. The number of fused-ring (bicyclic) bond motifs is 4. The van der Waals surface area contributed by atoms with Crippen LogP contribution in [-0.2, 0) is 19.2 Å². The molecule has 0 bridgehead atoms. The number of methoxy groups -OCH3 is 1. The number of ether oxygens (including phenoxy) is 1. The van der Waals surface area contributed by atoms with Crippen LogP contribution in [0.1, 0.15) is 31.2 Å². The Bertz CT molecular complexity index is 1350. The molecule has 2 aromatic carbocycles. The number of phenols is 1. The van der Waals surface area contributed by atoms with E-state index < -0.39 is 29.1 Å². The summed E-state index contributed by atoms with van der Waals surface area (Å²) in [5.74, 6) is -3.67. The largest absolute Gasteiger partial charge is 0.504 e. The van der Waals surface area contributed by atoms with Crippen LogP contribution in [0.3, 0.4) is 0 Å². The Morgan fingerprint density at radius 2 is 1.78 bits per heavy atom. The molecule has 8 heteroatoms. The Morgan fingerprint density at radius 3 is 2.47 bits per heavy atom. The molecule has 2 aromatic rings. The summed E-state index contributed by atoms with van der Waals surface area (Å²) in [6, 6.07) is 13.9. The molecule has 0 unspecified atom stereocenters. The third-order valence-corrected chi connectivity index (χ3v) is 8.67. The molecule has 0 spiro atoms. The molecule has 2 saturated heterocycles. The second-order valence-electron chi connectivity index (χ2n) is 10.3. The number of nitrogens with zero attached hydrogens (tertiary/aromatic N) is 1. The lowest BCUT2D eigenvalue weighted by Gasteiger charge is -2.49. The third kappa shape index (κ3) is 2.87. The van der Waals surface area contributed by atoms with Crippen molar-refractivity contribution in [1.29, 1.82) is 0 Å². The van der Waals surface area contributed by atoms with E-state index in [2.05, 4.69) is 5.32 Å². The normalized spacial score (nSPS) is 33.0. The van der Waals surface area contributed by atoms with Gasteiger partial charge in [0, 0.05) is 5.92 Å². The quantitative estimate of drug-likeness (QED) is 0.510. The Balaban J connectivity index is 1.54. The predicted octanol–water partition coefficient (Wildman–Crippen LogP) is 2.92. The smallest absolute Gasteiger partial charge is 0.241 e. The van der Waals surface area contributed by atoms with Crippen molar-refractivity contribution < 1.29 is 29.0 Å². The molecule has 6 rings (SSSR count). The zero-order chi connectivity index (χ0) is 25.4. The number of hydrogen-bond donors (Lipinski definition) is 2. The highest BCUT2D eigenvalue weighted by atomic mass is 16.5. The van der Waals surface area contributed by atoms with Crippen molar-refractivity contribution in [3.63, 3.8) is 0 Å². The first kappa shape index (κ1) is 22.5. The van der Waals surface area contributed by atoms with Crippen LogP contribution in [0.25, 0.3) is 0 Å². The summed E-state index contributed by atoms with van der Waals surface area (Å²) < 4.78 is 5.22. The zero-order valence-electron chi connectivity index (χ0n) is 19.9. The molecule has 2 aliphatic carbocycles. The monoisotopic (exact) mass is 486 g/mol. The van der Waals surface area contributed by atoms with Gasteiger partial charge in [-0.05, 0) is 55.5 Å². The minimum atomic E-state index is -1.14. The number of phenolic OH excluding ortho intramolecular Hbond substituents is 1. The number of carbonyl (C=O) groups is 4. The molecule has 2 aliphatic heterocycles. The molecule has 8 nitrogen and oxygen atoms in total. The zero-order valence-corrected chi connectivity index (χ0v) is 19.9. The van der Waals surface area contributed by atoms with Crippen molar-refractivity contribution in [2.75, 3.05) is 12.0 Å². The number of nitrogens with one attached hydrogen (secondary N) is 1. The van der Waals surface area contributed by atoms with E-state index in [1.807, 2.05) is 19.1 Å². The first-order chi connectivity index (χ1) is 17.3. The number of benzene rings is 2. The van der Waals surface area contributed by atoms with Gasteiger partial charge < -0.3 is 9.84 Å². The van der Waals surface area contributed by atoms with Crippen LogP contribution in [0, 0.1) is 29.1 Å². The Labute approximate surface area is 207 Å². The number of para-hydroxylation sites is 1. The van der Waals surface area contributed by atoms with E-state index in [0.717, 1.165) is 5.57 Å². The van der Waals surface area contributed by atoms with Gasteiger partial charge in [-0.3, -0.25) is 24.5 Å². The van der Waals surface area contributed by atoms with Crippen molar-refractivity contribution >= 4 is 29.3 Å². The SMILES string of the molecule is COc1ccc([C@H]2C3=CC[C@@H]4C(=O)NC(=O)[C@@H]4[C@@H]3C[C@H]3C(=O)N(c4ccccc4)C(=O)[C@@]23C)cc1O. The number of carbonyl (C=O) groups excluding carboxylic acids is 4. The number of aromatic hydroxyl groups is 1. The number of hydrogen-bond acceptors (Lipinski definition) is 6. The number of allylic oxidation sites excluding steroid dienone is 2. The summed E-state index contributed by atoms with van der Waals surface area (Å²) in [7, 11) is 1.46. The van der Waals surface area contributed by atoms with E-state index in [4.69, 9.17) is 4.74 Å². The Morgan fingerprint density at radius 1 is 1.03 bits per heavy atom. The highest BCUT2D eigenvalue weighted by Gasteiger charge is 2.67. The van der Waals surface area contributed by atoms with Crippen LogP contribution in [0.15, 0.2) is 60.2 Å². The molecule has 3 fully saturated rings. The molecule has 184 valence electrons. The fourth-order valence-corrected chi connectivity index (χ4v) is 7.02. The molecule has 1 saturated carbocycles. The van der Waals surface area contributed by atoms with Gasteiger partial charge in [0.2, 0.25) is 23.6 Å². The molecule has 0 aromatic heterocycles. The average molecular weight is 487 g/mol. The number of rotatable bonds is 3. The maximum Gasteiger partial charge on any atom is 0.241 e. The Hall–Kier alpha value is -3.94. The van der Waals surface area contributed by atoms with Crippen LogP contribution >= 0.6 is 0 Å². The summed E-state index contributed by atoms with van der Waals surface area (Å²) in [4.78, 5) is 54.6. The first-order valence-corrected chi connectivity index (χ1v) is 12.1. The first-order valence-electron chi connectivity index (χ1n) is 12.1. The topological polar surface area (TPSA) is 113 Å². The minimum Gasteiger partial charge on any atom is -0.504 e. The fourth-order valence-electron chi connectivity index (χ4n) is 7.02. The van der Waals surface area contributed by atoms with Crippen molar-refractivity contribution in [2.45, 2.75) is 25.7 Å². The van der Waals surface area contributed by atoms with Gasteiger partial charge in [-0.25, -0.2) is 4.90 Å². The second kappa shape index (κ2) is 7.78. The lowest BCUT2D eigenvalue weighted by atomic mass is 9.51. The summed E-state index contributed by atoms with van der Waals surface area (Å²) in [5.41, 5.74) is 0.905. The molecule has 6 atom stereocenters. The van der Waals surface area contributed by atoms with Gasteiger partial charge in [-0.1, -0.05) is 35.9 Å². The highest BCUT2D eigenvalue weighted by molar-refractivity contribution is 6.24. The van der Waals surface area contributed by atoms with Crippen LogP contribution in [0.2, 0.25) is 0 Å². The van der Waals surface area contributed by atoms with Crippen molar-refractivity contribution in [3.05, 3.63) is 65.7 Å². The van der Waals surface area contributed by atoms with Crippen LogP contribution in [0.5, 0.6) is 11.5 Å². The minimum absolute atomic E-state index is 0.0722. The predicted molar refractivity (Wildman–Crippen MR) is 129 cm³/mol. The van der Waals surface area contributed by atoms with Crippen LogP contribution < -0.4 is 15.0 Å². The van der Waals surface area contributed by atoms with Gasteiger partial charge in [0.15, 0.2) is 11.5 Å². The van der Waals surface area contributed by atoms with Crippen molar-refractivity contribution in [3.8, 4) is 11.5 Å². The molecular weight excluding hydrogens is 460 g/mol.